The van der Waals surface area contributed by atoms with Crippen molar-refractivity contribution in [3.8, 4) is 0 Å². The summed E-state index contributed by atoms with van der Waals surface area (Å²) in [5.41, 5.74) is 2.73. The minimum Gasteiger partial charge on any atom is -0.381 e. The summed E-state index contributed by atoms with van der Waals surface area (Å²) in [5, 5.41) is 3.73. The molecule has 1 atom stereocenters. The largest absolute Gasteiger partial charge is 0.381 e. The molecule has 1 fully saturated rings. The first-order valence-corrected chi connectivity index (χ1v) is 7.18. The maximum atomic E-state index is 5.41. The number of rotatable bonds is 3. The summed E-state index contributed by atoms with van der Waals surface area (Å²) in [5.74, 6) is 0.785. The smallest absolute Gasteiger partial charge is 0.0605 e. The van der Waals surface area contributed by atoms with Crippen LogP contribution in [0.4, 0.5) is 0 Å². The molecule has 3 nitrogen and oxygen atoms in total. The van der Waals surface area contributed by atoms with Crippen molar-refractivity contribution in [2.24, 2.45) is 5.92 Å². The number of aromatic nitrogens is 1. The molecular formula is C15H22N2O. The van der Waals surface area contributed by atoms with Gasteiger partial charge in [-0.2, -0.15) is 0 Å². The van der Waals surface area contributed by atoms with Crippen molar-refractivity contribution in [1.82, 2.24) is 10.3 Å². The molecule has 18 heavy (non-hydrogen) atoms. The number of ether oxygens (including phenoxy) is 1. The van der Waals surface area contributed by atoms with Gasteiger partial charge in [-0.3, -0.25) is 4.98 Å². The zero-order valence-corrected chi connectivity index (χ0v) is 10.9. The van der Waals surface area contributed by atoms with Crippen LogP contribution in [-0.4, -0.2) is 24.7 Å². The molecule has 1 unspecified atom stereocenters. The lowest BCUT2D eigenvalue weighted by atomic mass is 9.91. The molecule has 98 valence electrons. The monoisotopic (exact) mass is 246 g/mol. The van der Waals surface area contributed by atoms with E-state index in [0.29, 0.717) is 6.04 Å². The second-order valence-corrected chi connectivity index (χ2v) is 5.46. The van der Waals surface area contributed by atoms with Gasteiger partial charge in [0.2, 0.25) is 0 Å². The molecule has 1 aromatic heterocycles. The van der Waals surface area contributed by atoms with E-state index in [1.165, 1.54) is 43.4 Å². The van der Waals surface area contributed by atoms with Crippen molar-refractivity contribution in [3.05, 3.63) is 29.6 Å². The Bertz CT molecular complexity index is 388. The van der Waals surface area contributed by atoms with Crippen LogP contribution in [0.15, 0.2) is 18.3 Å². The van der Waals surface area contributed by atoms with E-state index in [2.05, 4.69) is 22.4 Å². The minimum atomic E-state index is 0.470. The molecule has 3 rings (SSSR count). The first-order chi connectivity index (χ1) is 8.93. The molecule has 0 aromatic carbocycles. The highest BCUT2D eigenvalue weighted by molar-refractivity contribution is 5.25. The third-order valence-electron chi connectivity index (χ3n) is 4.19. The van der Waals surface area contributed by atoms with Gasteiger partial charge >= 0.3 is 0 Å². The highest BCUT2D eigenvalue weighted by atomic mass is 16.5. The van der Waals surface area contributed by atoms with Crippen molar-refractivity contribution in [2.75, 3.05) is 19.8 Å². The summed E-state index contributed by atoms with van der Waals surface area (Å²) in [6, 6.07) is 4.75. The lowest BCUT2D eigenvalue weighted by molar-refractivity contribution is 0.0652. The van der Waals surface area contributed by atoms with Crippen LogP contribution in [0, 0.1) is 5.92 Å². The predicted molar refractivity (Wildman–Crippen MR) is 71.5 cm³/mol. The number of fused-ring (bicyclic) bond motifs is 1. The van der Waals surface area contributed by atoms with Gasteiger partial charge in [0.15, 0.2) is 0 Å². The second-order valence-electron chi connectivity index (χ2n) is 5.46. The quantitative estimate of drug-likeness (QED) is 0.889. The lowest BCUT2D eigenvalue weighted by Gasteiger charge is -2.28. The average Bonchev–Trinajstić information content (AvgIpc) is 2.46. The third kappa shape index (κ3) is 2.73. The summed E-state index contributed by atoms with van der Waals surface area (Å²) in [6.07, 6.45) is 8.03. The second kappa shape index (κ2) is 5.81. The summed E-state index contributed by atoms with van der Waals surface area (Å²) in [7, 11) is 0. The van der Waals surface area contributed by atoms with Crippen molar-refractivity contribution in [1.29, 1.82) is 0 Å². The van der Waals surface area contributed by atoms with Gasteiger partial charge in [0.05, 0.1) is 5.69 Å². The van der Waals surface area contributed by atoms with E-state index >= 15 is 0 Å². The van der Waals surface area contributed by atoms with Gasteiger partial charge < -0.3 is 10.1 Å². The van der Waals surface area contributed by atoms with E-state index in [1.54, 1.807) is 0 Å². The number of hydrogen-bond donors (Lipinski definition) is 1. The van der Waals surface area contributed by atoms with Gasteiger partial charge in [-0.15, -0.1) is 0 Å². The Kier molecular flexibility index (Phi) is 3.91. The Labute approximate surface area is 109 Å². The van der Waals surface area contributed by atoms with Crippen LogP contribution in [0.1, 0.15) is 43.0 Å². The number of aryl methyl sites for hydroxylation is 1. The van der Waals surface area contributed by atoms with Gasteiger partial charge in [0.25, 0.3) is 0 Å². The first-order valence-electron chi connectivity index (χ1n) is 7.18. The summed E-state index contributed by atoms with van der Waals surface area (Å²) in [4.78, 5) is 4.58. The molecule has 3 heteroatoms. The molecule has 0 spiro atoms. The summed E-state index contributed by atoms with van der Waals surface area (Å²) in [6.45, 7) is 2.99. The molecule has 1 N–H and O–H groups in total. The van der Waals surface area contributed by atoms with Gasteiger partial charge in [-0.25, -0.2) is 0 Å². The maximum Gasteiger partial charge on any atom is 0.0605 e. The van der Waals surface area contributed by atoms with E-state index in [0.717, 1.165) is 25.7 Å². The first kappa shape index (κ1) is 12.1. The summed E-state index contributed by atoms with van der Waals surface area (Å²) >= 11 is 0. The van der Waals surface area contributed by atoms with E-state index in [9.17, 15) is 0 Å². The van der Waals surface area contributed by atoms with Crippen molar-refractivity contribution < 1.29 is 4.74 Å². The van der Waals surface area contributed by atoms with Crippen molar-refractivity contribution in [3.63, 3.8) is 0 Å². The van der Waals surface area contributed by atoms with Crippen molar-refractivity contribution in [2.45, 2.75) is 38.1 Å². The normalized spacial score (nSPS) is 24.8. The highest BCUT2D eigenvalue weighted by Crippen LogP contribution is 2.28. The molecule has 0 radical (unpaired) electrons. The van der Waals surface area contributed by atoms with E-state index < -0.39 is 0 Å². The average molecular weight is 246 g/mol. The van der Waals surface area contributed by atoms with Crippen molar-refractivity contribution >= 4 is 0 Å². The standard InChI is InChI=1S/C15H22N2O/c1-3-13-4-2-8-16-15(13)14(5-1)17-11-12-6-9-18-10-7-12/h2,4,8,12,14,17H,1,3,5-7,9-11H2. The molecule has 1 aliphatic heterocycles. The summed E-state index contributed by atoms with van der Waals surface area (Å²) < 4.78 is 5.41. The molecular weight excluding hydrogens is 224 g/mol. The van der Waals surface area contributed by atoms with Crippen LogP contribution in [0.25, 0.3) is 0 Å². The Balaban J connectivity index is 1.60. The topological polar surface area (TPSA) is 34.2 Å². The fourth-order valence-corrected chi connectivity index (χ4v) is 3.07. The molecule has 0 bridgehead atoms. The Hall–Kier alpha value is -0.930. The molecule has 1 aliphatic carbocycles. The fourth-order valence-electron chi connectivity index (χ4n) is 3.07. The zero-order chi connectivity index (χ0) is 12.2. The van der Waals surface area contributed by atoms with Crippen LogP contribution in [0.5, 0.6) is 0 Å². The van der Waals surface area contributed by atoms with Crippen LogP contribution < -0.4 is 5.32 Å². The lowest BCUT2D eigenvalue weighted by Crippen LogP contribution is -2.32. The predicted octanol–water partition coefficient (Wildman–Crippen LogP) is 2.48. The van der Waals surface area contributed by atoms with Gasteiger partial charge in [-0.05, 0) is 56.2 Å². The highest BCUT2D eigenvalue weighted by Gasteiger charge is 2.22. The molecule has 1 saturated heterocycles. The molecule has 2 heterocycles. The number of nitrogens with one attached hydrogen (secondary N) is 1. The molecule has 2 aliphatic rings. The molecule has 0 amide bonds. The number of hydrogen-bond acceptors (Lipinski definition) is 3. The van der Waals surface area contributed by atoms with E-state index in [-0.39, 0.29) is 0 Å². The van der Waals surface area contributed by atoms with Gasteiger partial charge in [0.1, 0.15) is 0 Å². The Morgan fingerprint density at radius 1 is 1.28 bits per heavy atom. The molecule has 0 saturated carbocycles. The third-order valence-corrected chi connectivity index (χ3v) is 4.19. The maximum absolute atomic E-state index is 5.41. The Morgan fingerprint density at radius 2 is 2.17 bits per heavy atom. The minimum absolute atomic E-state index is 0.470. The van der Waals surface area contributed by atoms with Crippen LogP contribution >= 0.6 is 0 Å². The van der Waals surface area contributed by atoms with Crippen LogP contribution in [0.2, 0.25) is 0 Å². The number of pyridine rings is 1. The Morgan fingerprint density at radius 3 is 3.06 bits per heavy atom. The number of nitrogens with zero attached hydrogens (tertiary/aromatic N) is 1. The zero-order valence-electron chi connectivity index (χ0n) is 10.9. The van der Waals surface area contributed by atoms with Crippen LogP contribution in [0.3, 0.4) is 0 Å². The fraction of sp³-hybridized carbons (Fsp3) is 0.667. The van der Waals surface area contributed by atoms with Gasteiger partial charge in [-0.1, -0.05) is 6.07 Å². The SMILES string of the molecule is c1cnc2c(c1)CCCC2NCC1CCOCC1. The van der Waals surface area contributed by atoms with Gasteiger partial charge in [0, 0.05) is 25.5 Å². The van der Waals surface area contributed by atoms with E-state index in [4.69, 9.17) is 4.74 Å². The molecule has 1 aromatic rings. The van der Waals surface area contributed by atoms with E-state index in [1.807, 2.05) is 6.20 Å². The van der Waals surface area contributed by atoms with Crippen LogP contribution in [-0.2, 0) is 11.2 Å².